The number of para-hydroxylation sites is 1. The number of anilines is 3. The molecular formula is C51H46ClN7O5S. The van der Waals surface area contributed by atoms with Gasteiger partial charge in [0.2, 0.25) is 23.6 Å². The van der Waals surface area contributed by atoms with Crippen LogP contribution in [0, 0.1) is 36.0 Å². The molecule has 4 amide bonds. The number of aromatic hydroxyl groups is 1. The van der Waals surface area contributed by atoms with Gasteiger partial charge >= 0.3 is 0 Å². The highest BCUT2D eigenvalue weighted by Crippen LogP contribution is 2.65. The SMILES string of the molecule is C=CCc1cccc(C2C3=CCC4C(=O)N(c5ccc(N=Nc6ccc(N(C)C)cc6)cc5)C(=O)C4C3CC3C(=O)N(c4cc(-c5sc6ccc(Cl)cc6c5C)nn4C)C(=O)C32C)c1O. The lowest BCUT2D eigenvalue weighted by Gasteiger charge is -2.49. The van der Waals surface area contributed by atoms with Gasteiger partial charge in [-0.3, -0.25) is 28.8 Å². The van der Waals surface area contributed by atoms with Crippen molar-refractivity contribution in [2.75, 3.05) is 28.8 Å². The van der Waals surface area contributed by atoms with Gasteiger partial charge in [0.1, 0.15) is 17.3 Å². The Balaban J connectivity index is 1.01. The Morgan fingerprint density at radius 2 is 1.63 bits per heavy atom. The molecule has 3 fully saturated rings. The number of thiophene rings is 1. The van der Waals surface area contributed by atoms with E-state index in [-0.39, 0.29) is 30.4 Å². The molecule has 2 aliphatic heterocycles. The van der Waals surface area contributed by atoms with Crippen molar-refractivity contribution < 1.29 is 24.3 Å². The molecule has 4 aliphatic rings. The quantitative estimate of drug-likeness (QED) is 0.0865. The van der Waals surface area contributed by atoms with Crippen LogP contribution in [0.2, 0.25) is 5.02 Å². The summed E-state index contributed by atoms with van der Waals surface area (Å²) in [5, 5.41) is 27.2. The molecular weight excluding hydrogens is 858 g/mol. The van der Waals surface area contributed by atoms with E-state index in [1.807, 2.05) is 93.5 Å². The van der Waals surface area contributed by atoms with E-state index >= 15 is 9.59 Å². The topological polar surface area (TPSA) is 141 Å². The predicted molar refractivity (Wildman–Crippen MR) is 254 cm³/mol. The Kier molecular flexibility index (Phi) is 10.3. The number of hydrogen-bond donors (Lipinski definition) is 1. The number of amides is 4. The van der Waals surface area contributed by atoms with Crippen molar-refractivity contribution in [1.29, 1.82) is 0 Å². The number of carbonyl (C=O) groups excluding carboxylic acids is 4. The number of allylic oxidation sites excluding steroid dienone is 3. The first-order chi connectivity index (χ1) is 31.2. The Labute approximate surface area is 385 Å². The number of imide groups is 2. The van der Waals surface area contributed by atoms with Crippen LogP contribution in [0.15, 0.2) is 126 Å². The normalized spacial score (nSPS) is 23.9. The number of aryl methyl sites for hydroxylation is 2. The lowest BCUT2D eigenvalue weighted by molar-refractivity contribution is -0.131. The number of nitrogens with zero attached hydrogens (tertiary/aromatic N) is 7. The standard InChI is InChI=1S/C51H46ClN7O5S/c1-7-9-28-10-8-11-36(45(28)60)44-34-21-22-35-43(49(63)58(47(35)61)33-19-15-31(16-20-33)54-53-30-13-17-32(18-14-30)56(4)5)38(34)25-39-48(62)59(50(64)51(39,44)3)42-26-40(55-57(42)6)46-27(2)37-24-29(52)12-23-41(37)65-46/h7-8,10-21,23-24,26,35,38-39,43-44,60H,1,9,22,25H2,2-6H3. The lowest BCUT2D eigenvalue weighted by atomic mass is 9.51. The highest BCUT2D eigenvalue weighted by atomic mass is 35.5. The molecule has 4 aromatic carbocycles. The Morgan fingerprint density at radius 3 is 2.32 bits per heavy atom. The highest BCUT2D eigenvalue weighted by Gasteiger charge is 2.68. The summed E-state index contributed by atoms with van der Waals surface area (Å²) in [4.78, 5) is 65.0. The fourth-order valence-corrected chi connectivity index (χ4v) is 12.1. The minimum atomic E-state index is -1.37. The number of benzene rings is 4. The zero-order valence-corrected chi connectivity index (χ0v) is 38.1. The molecule has 65 heavy (non-hydrogen) atoms. The van der Waals surface area contributed by atoms with Gasteiger partial charge in [-0.1, -0.05) is 47.5 Å². The highest BCUT2D eigenvalue weighted by molar-refractivity contribution is 7.22. The van der Waals surface area contributed by atoms with Crippen LogP contribution in [0.4, 0.5) is 28.6 Å². The number of halogens is 1. The summed E-state index contributed by atoms with van der Waals surface area (Å²) in [6, 6.07) is 27.5. The van der Waals surface area contributed by atoms with Gasteiger partial charge in [0.15, 0.2) is 0 Å². The van der Waals surface area contributed by atoms with Gasteiger partial charge in [0, 0.05) is 54.1 Å². The van der Waals surface area contributed by atoms with Crippen molar-refractivity contribution in [3.05, 3.63) is 137 Å². The van der Waals surface area contributed by atoms with Crippen LogP contribution >= 0.6 is 22.9 Å². The van der Waals surface area contributed by atoms with Crippen LogP contribution in [0.1, 0.15) is 42.4 Å². The molecule has 1 saturated carbocycles. The lowest BCUT2D eigenvalue weighted by Crippen LogP contribution is -2.49. The third-order valence-corrected chi connectivity index (χ3v) is 15.6. The second kappa shape index (κ2) is 15.8. The Hall–Kier alpha value is -6.70. The summed E-state index contributed by atoms with van der Waals surface area (Å²) in [6.45, 7) is 7.70. The summed E-state index contributed by atoms with van der Waals surface area (Å²) < 4.78 is 2.60. The summed E-state index contributed by atoms with van der Waals surface area (Å²) in [5.41, 5.74) is 4.83. The first-order valence-corrected chi connectivity index (χ1v) is 22.8. The van der Waals surface area contributed by atoms with Crippen molar-refractivity contribution in [2.45, 2.75) is 39.0 Å². The smallest absolute Gasteiger partial charge is 0.242 e. The van der Waals surface area contributed by atoms with E-state index in [0.717, 1.165) is 31.8 Å². The Bertz CT molecular complexity index is 3060. The number of phenols is 1. The van der Waals surface area contributed by atoms with Crippen LogP contribution in [0.3, 0.4) is 0 Å². The molecule has 6 aromatic rings. The molecule has 2 aliphatic carbocycles. The third kappa shape index (κ3) is 6.57. The maximum Gasteiger partial charge on any atom is 0.242 e. The van der Waals surface area contributed by atoms with E-state index in [2.05, 4.69) is 16.8 Å². The zero-order chi connectivity index (χ0) is 45.6. The summed E-state index contributed by atoms with van der Waals surface area (Å²) in [6.07, 6.45) is 4.49. The molecule has 2 saturated heterocycles. The van der Waals surface area contributed by atoms with E-state index in [9.17, 15) is 14.7 Å². The van der Waals surface area contributed by atoms with E-state index in [1.54, 1.807) is 65.5 Å². The largest absolute Gasteiger partial charge is 0.507 e. The summed E-state index contributed by atoms with van der Waals surface area (Å²) in [7, 11) is 5.65. The van der Waals surface area contributed by atoms with Gasteiger partial charge in [-0.25, -0.2) is 4.90 Å². The number of carbonyl (C=O) groups is 4. The number of azo groups is 1. The van der Waals surface area contributed by atoms with Crippen LogP contribution in [-0.2, 0) is 32.6 Å². The monoisotopic (exact) mass is 903 g/mol. The van der Waals surface area contributed by atoms with Crippen molar-refractivity contribution in [3.63, 3.8) is 0 Å². The number of hydrogen-bond acceptors (Lipinski definition) is 10. The molecule has 10 rings (SSSR count). The predicted octanol–water partition coefficient (Wildman–Crippen LogP) is 10.6. The van der Waals surface area contributed by atoms with E-state index in [1.165, 1.54) is 9.80 Å². The number of aromatic nitrogens is 2. The van der Waals surface area contributed by atoms with Crippen molar-refractivity contribution in [2.24, 2.45) is 46.4 Å². The molecule has 2 aromatic heterocycles. The second-order valence-electron chi connectivity index (χ2n) is 17.9. The minimum absolute atomic E-state index is 0.0150. The number of fused-ring (bicyclic) bond motifs is 5. The van der Waals surface area contributed by atoms with Crippen molar-refractivity contribution >= 4 is 85.2 Å². The minimum Gasteiger partial charge on any atom is -0.507 e. The summed E-state index contributed by atoms with van der Waals surface area (Å²) >= 11 is 7.92. The molecule has 6 unspecified atom stereocenters. The molecule has 4 heterocycles. The third-order valence-electron chi connectivity index (χ3n) is 14.1. The Morgan fingerprint density at radius 1 is 0.923 bits per heavy atom. The van der Waals surface area contributed by atoms with Gasteiger partial charge in [-0.15, -0.1) is 17.9 Å². The van der Waals surface area contributed by atoms with E-state index in [0.29, 0.717) is 51.1 Å². The molecule has 12 nitrogen and oxygen atoms in total. The number of rotatable bonds is 9. The van der Waals surface area contributed by atoms with Gasteiger partial charge in [0.05, 0.1) is 45.1 Å². The zero-order valence-electron chi connectivity index (χ0n) is 36.5. The molecule has 14 heteroatoms. The van der Waals surface area contributed by atoms with Gasteiger partial charge in [0.25, 0.3) is 0 Å². The van der Waals surface area contributed by atoms with E-state index < -0.39 is 46.8 Å². The molecule has 0 bridgehead atoms. The van der Waals surface area contributed by atoms with Gasteiger partial charge in [-0.2, -0.15) is 15.3 Å². The van der Waals surface area contributed by atoms with Crippen LogP contribution in [0.25, 0.3) is 20.7 Å². The first-order valence-electron chi connectivity index (χ1n) is 21.6. The average molecular weight is 904 g/mol. The van der Waals surface area contributed by atoms with Crippen molar-refractivity contribution in [1.82, 2.24) is 9.78 Å². The molecule has 1 N–H and O–H groups in total. The van der Waals surface area contributed by atoms with Gasteiger partial charge in [-0.05, 0) is 122 Å². The van der Waals surface area contributed by atoms with Gasteiger partial charge < -0.3 is 10.0 Å². The molecule has 328 valence electrons. The fourth-order valence-electron chi connectivity index (χ4n) is 10.8. The summed E-state index contributed by atoms with van der Waals surface area (Å²) in [5.74, 6) is -4.88. The van der Waals surface area contributed by atoms with E-state index in [4.69, 9.17) is 16.7 Å². The maximum absolute atomic E-state index is 15.4. The molecule has 6 atom stereocenters. The fraction of sp³-hybridized carbons (Fsp3) is 0.275. The second-order valence-corrected chi connectivity index (χ2v) is 19.3. The van der Waals surface area contributed by atoms with Crippen molar-refractivity contribution in [3.8, 4) is 16.3 Å². The number of phenolic OH excluding ortho intramolecular Hbond substituents is 1. The van der Waals surface area contributed by atoms with Crippen LogP contribution in [-0.4, -0.2) is 52.6 Å². The van der Waals surface area contributed by atoms with Crippen LogP contribution in [0.5, 0.6) is 5.75 Å². The first kappa shape index (κ1) is 42.3. The maximum atomic E-state index is 15.4. The average Bonchev–Trinajstić information content (AvgIpc) is 3.97. The molecule has 0 spiro atoms. The molecule has 0 radical (unpaired) electrons. The van der Waals surface area contributed by atoms with Crippen LogP contribution < -0.4 is 14.7 Å².